The minimum absolute atomic E-state index is 0.0610. The van der Waals surface area contributed by atoms with Crippen LogP contribution in [-0.2, 0) is 4.74 Å². The number of rotatable bonds is 5. The highest BCUT2D eigenvalue weighted by Gasteiger charge is 2.64. The van der Waals surface area contributed by atoms with E-state index in [0.717, 1.165) is 10.9 Å². The van der Waals surface area contributed by atoms with E-state index >= 15 is 0 Å². The molecule has 1 amide bonds. The van der Waals surface area contributed by atoms with Gasteiger partial charge in [0.05, 0.1) is 22.9 Å². The number of phenolic OH excluding ortho intramolecular Hbond substituents is 1. The van der Waals surface area contributed by atoms with E-state index in [1.165, 1.54) is 0 Å². The van der Waals surface area contributed by atoms with Gasteiger partial charge < -0.3 is 29.5 Å². The van der Waals surface area contributed by atoms with Crippen LogP contribution in [0.3, 0.4) is 0 Å². The van der Waals surface area contributed by atoms with Crippen LogP contribution in [0.15, 0.2) is 42.5 Å². The molecule has 5 rings (SSSR count). The molecule has 184 valence electrons. The average molecular weight is 479 g/mol. The van der Waals surface area contributed by atoms with Gasteiger partial charge in [-0.3, -0.25) is 0 Å². The predicted molar refractivity (Wildman–Crippen MR) is 132 cm³/mol. The fourth-order valence-corrected chi connectivity index (χ4v) is 5.84. The lowest BCUT2D eigenvalue weighted by atomic mass is 9.58. The molecule has 1 spiro atoms. The van der Waals surface area contributed by atoms with E-state index in [1.54, 1.807) is 18.1 Å². The van der Waals surface area contributed by atoms with E-state index in [0.29, 0.717) is 42.3 Å². The number of fused-ring (bicyclic) bond motifs is 1. The summed E-state index contributed by atoms with van der Waals surface area (Å²) >= 11 is 0. The molecule has 9 heteroatoms. The maximum atomic E-state index is 11.7. The standard InChI is InChI=1S/C26H30N4O5/c1-25(2,3)23-26(14-30(23)24(32)33)12-29(13-26)20-11-18-16(10-21(20)31)9-19(28-27-18)17-7-5-6-8-22(17)35-15-34-4/h5-11,23,31H,12-15H2,1-4H3,(H,32,33). The third-order valence-electron chi connectivity index (χ3n) is 6.97. The van der Waals surface area contributed by atoms with Gasteiger partial charge in [-0.25, -0.2) is 4.79 Å². The fraction of sp³-hybridized carbons (Fsp3) is 0.423. The van der Waals surface area contributed by atoms with Crippen LogP contribution in [0, 0.1) is 10.8 Å². The van der Waals surface area contributed by atoms with Crippen molar-refractivity contribution in [2.24, 2.45) is 10.8 Å². The van der Waals surface area contributed by atoms with Crippen molar-refractivity contribution in [1.82, 2.24) is 15.1 Å². The largest absolute Gasteiger partial charge is 0.506 e. The first-order chi connectivity index (χ1) is 16.6. The number of carboxylic acid groups (broad SMARTS) is 1. The molecule has 35 heavy (non-hydrogen) atoms. The molecule has 2 aliphatic rings. The van der Waals surface area contributed by atoms with Crippen LogP contribution in [0.4, 0.5) is 10.5 Å². The second-order valence-electron chi connectivity index (χ2n) is 10.6. The monoisotopic (exact) mass is 478 g/mol. The van der Waals surface area contributed by atoms with Crippen molar-refractivity contribution in [2.45, 2.75) is 26.8 Å². The number of methoxy groups -OCH3 is 1. The summed E-state index contributed by atoms with van der Waals surface area (Å²) in [4.78, 5) is 15.3. The minimum atomic E-state index is -0.872. The van der Waals surface area contributed by atoms with Crippen LogP contribution >= 0.6 is 0 Å². The Morgan fingerprint density at radius 2 is 1.89 bits per heavy atom. The van der Waals surface area contributed by atoms with Crippen LogP contribution in [0.1, 0.15) is 20.8 Å². The number of nitrogens with zero attached hydrogens (tertiary/aromatic N) is 4. The van der Waals surface area contributed by atoms with Crippen molar-refractivity contribution < 1.29 is 24.5 Å². The molecule has 1 aromatic heterocycles. The quantitative estimate of drug-likeness (QED) is 0.526. The van der Waals surface area contributed by atoms with Gasteiger partial charge in [-0.15, -0.1) is 10.2 Å². The van der Waals surface area contributed by atoms with Crippen LogP contribution in [0.5, 0.6) is 11.5 Å². The summed E-state index contributed by atoms with van der Waals surface area (Å²) < 4.78 is 10.7. The van der Waals surface area contributed by atoms with Crippen LogP contribution in [0.2, 0.25) is 0 Å². The van der Waals surface area contributed by atoms with E-state index in [2.05, 4.69) is 35.9 Å². The van der Waals surface area contributed by atoms with E-state index < -0.39 is 6.09 Å². The number of ether oxygens (including phenoxy) is 2. The van der Waals surface area contributed by atoms with Crippen LogP contribution in [-0.4, -0.2) is 71.0 Å². The Bertz CT molecular complexity index is 1280. The van der Waals surface area contributed by atoms with Crippen molar-refractivity contribution in [3.63, 3.8) is 0 Å². The highest BCUT2D eigenvalue weighted by atomic mass is 16.7. The molecule has 0 radical (unpaired) electrons. The molecular formula is C26H30N4O5. The fourth-order valence-electron chi connectivity index (χ4n) is 5.84. The van der Waals surface area contributed by atoms with Gasteiger partial charge in [0.15, 0.2) is 6.79 Å². The van der Waals surface area contributed by atoms with Gasteiger partial charge in [-0.2, -0.15) is 0 Å². The number of hydrogen-bond donors (Lipinski definition) is 2. The third kappa shape index (κ3) is 3.89. The molecule has 3 heterocycles. The zero-order chi connectivity index (χ0) is 25.0. The number of para-hydroxylation sites is 1. The summed E-state index contributed by atoms with van der Waals surface area (Å²) in [6, 6.07) is 12.9. The summed E-state index contributed by atoms with van der Waals surface area (Å²) in [6.07, 6.45) is -0.872. The summed E-state index contributed by atoms with van der Waals surface area (Å²) in [5.41, 5.74) is 2.52. The number of likely N-dealkylation sites (tertiary alicyclic amines) is 1. The Labute approximate surface area is 203 Å². The Kier molecular flexibility index (Phi) is 5.47. The normalized spacial score (nSPS) is 18.9. The maximum Gasteiger partial charge on any atom is 0.407 e. The summed E-state index contributed by atoms with van der Waals surface area (Å²) in [5, 5.41) is 30.0. The maximum absolute atomic E-state index is 11.7. The highest BCUT2D eigenvalue weighted by Crippen LogP contribution is 2.54. The molecule has 2 fully saturated rings. The molecule has 2 N–H and O–H groups in total. The molecule has 9 nitrogen and oxygen atoms in total. The second kappa shape index (κ2) is 8.27. The topological polar surface area (TPSA) is 108 Å². The molecule has 0 aliphatic carbocycles. The first-order valence-electron chi connectivity index (χ1n) is 11.6. The van der Waals surface area contributed by atoms with Crippen LogP contribution < -0.4 is 9.64 Å². The van der Waals surface area contributed by atoms with Gasteiger partial charge >= 0.3 is 6.09 Å². The summed E-state index contributed by atoms with van der Waals surface area (Å²) in [6.45, 7) is 8.26. The van der Waals surface area contributed by atoms with Gasteiger partial charge in [0.2, 0.25) is 0 Å². The van der Waals surface area contributed by atoms with Gasteiger partial charge in [0.1, 0.15) is 11.5 Å². The van der Waals surface area contributed by atoms with Crippen molar-refractivity contribution in [3.05, 3.63) is 42.5 Å². The Hall–Kier alpha value is -3.59. The lowest BCUT2D eigenvalue weighted by Gasteiger charge is -2.68. The molecule has 3 aromatic rings. The zero-order valence-corrected chi connectivity index (χ0v) is 20.4. The first-order valence-corrected chi connectivity index (χ1v) is 11.6. The lowest BCUT2D eigenvalue weighted by molar-refractivity contribution is -0.121. The zero-order valence-electron chi connectivity index (χ0n) is 20.4. The number of anilines is 1. The van der Waals surface area contributed by atoms with Crippen molar-refractivity contribution in [3.8, 4) is 22.8 Å². The van der Waals surface area contributed by atoms with E-state index in [9.17, 15) is 15.0 Å². The van der Waals surface area contributed by atoms with Crippen molar-refractivity contribution >= 4 is 22.7 Å². The summed E-state index contributed by atoms with van der Waals surface area (Å²) in [5.74, 6) is 0.802. The van der Waals surface area contributed by atoms with Crippen molar-refractivity contribution in [1.29, 1.82) is 0 Å². The van der Waals surface area contributed by atoms with Gasteiger partial charge in [0.25, 0.3) is 0 Å². The van der Waals surface area contributed by atoms with Gasteiger partial charge in [-0.1, -0.05) is 32.9 Å². The molecule has 0 bridgehead atoms. The highest BCUT2D eigenvalue weighted by molar-refractivity contribution is 5.88. The van der Waals surface area contributed by atoms with Gasteiger partial charge in [0, 0.05) is 43.1 Å². The number of aromatic hydroxyl groups is 1. The van der Waals surface area contributed by atoms with E-state index in [4.69, 9.17) is 9.47 Å². The number of amides is 1. The SMILES string of the molecule is COCOc1ccccc1-c1cc2cc(O)c(N3CC4(C3)CN(C(=O)O)C4C(C)(C)C)cc2nn1. The third-order valence-corrected chi connectivity index (χ3v) is 6.97. The lowest BCUT2D eigenvalue weighted by Crippen LogP contribution is -2.81. The Balaban J connectivity index is 1.40. The average Bonchev–Trinajstić information content (AvgIpc) is 2.74. The molecule has 1 unspecified atom stereocenters. The first kappa shape index (κ1) is 23.2. The molecular weight excluding hydrogens is 448 g/mol. The number of hydrogen-bond acceptors (Lipinski definition) is 7. The van der Waals surface area contributed by atoms with Gasteiger partial charge in [-0.05, 0) is 35.7 Å². The second-order valence-corrected chi connectivity index (χ2v) is 10.6. The molecule has 1 atom stereocenters. The predicted octanol–water partition coefficient (Wildman–Crippen LogP) is 4.20. The van der Waals surface area contributed by atoms with E-state index in [-0.39, 0.29) is 29.4 Å². The summed E-state index contributed by atoms with van der Waals surface area (Å²) in [7, 11) is 1.56. The Morgan fingerprint density at radius 3 is 2.57 bits per heavy atom. The molecule has 2 saturated heterocycles. The van der Waals surface area contributed by atoms with Crippen molar-refractivity contribution in [2.75, 3.05) is 38.4 Å². The number of phenols is 1. The number of aromatic nitrogens is 2. The smallest absolute Gasteiger partial charge is 0.407 e. The molecule has 0 saturated carbocycles. The van der Waals surface area contributed by atoms with E-state index in [1.807, 2.05) is 36.4 Å². The van der Waals surface area contributed by atoms with Crippen LogP contribution in [0.25, 0.3) is 22.2 Å². The number of benzene rings is 2. The number of carbonyl (C=O) groups is 1. The Morgan fingerprint density at radius 1 is 1.14 bits per heavy atom. The molecule has 2 aromatic carbocycles. The molecule has 2 aliphatic heterocycles. The minimum Gasteiger partial charge on any atom is -0.506 e.